The predicted molar refractivity (Wildman–Crippen MR) is 71.3 cm³/mol. The number of rotatable bonds is 5. The van der Waals surface area contributed by atoms with Crippen LogP contribution in [0.15, 0.2) is 12.1 Å². The minimum Gasteiger partial charge on any atom is -0.496 e. The third kappa shape index (κ3) is 3.71. The highest BCUT2D eigenvalue weighted by Gasteiger charge is 2.20. The normalized spacial score (nSPS) is 11.8. The number of amides is 1. The lowest BCUT2D eigenvalue weighted by molar-refractivity contribution is -0.137. The molecule has 5 nitrogen and oxygen atoms in total. The van der Waals surface area contributed by atoms with E-state index in [0.717, 1.165) is 22.4 Å². The number of carboxylic acids is 1. The highest BCUT2D eigenvalue weighted by Crippen LogP contribution is 2.29. The molecule has 0 saturated heterocycles. The zero-order valence-electron chi connectivity index (χ0n) is 11.6. The van der Waals surface area contributed by atoms with E-state index >= 15 is 0 Å². The minimum atomic E-state index is -0.952. The summed E-state index contributed by atoms with van der Waals surface area (Å²) in [4.78, 5) is 22.1. The molecule has 0 bridgehead atoms. The predicted octanol–water partition coefficient (Wildman–Crippen LogP) is 1.96. The van der Waals surface area contributed by atoms with Crippen molar-refractivity contribution in [2.24, 2.45) is 0 Å². The van der Waals surface area contributed by atoms with E-state index in [-0.39, 0.29) is 12.3 Å². The Balaban J connectivity index is 3.18. The van der Waals surface area contributed by atoms with Gasteiger partial charge in [0.15, 0.2) is 0 Å². The number of ether oxygens (including phenoxy) is 1. The van der Waals surface area contributed by atoms with Gasteiger partial charge in [-0.1, -0.05) is 6.07 Å². The average molecular weight is 265 g/mol. The molecule has 0 spiro atoms. The largest absolute Gasteiger partial charge is 0.496 e. The quantitative estimate of drug-likeness (QED) is 0.853. The molecule has 0 saturated carbocycles. The number of carboxylic acid groups (broad SMARTS) is 1. The van der Waals surface area contributed by atoms with Crippen LogP contribution < -0.4 is 10.1 Å². The SMILES string of the molecule is COc1ccc(C(CC(=O)O)NC(C)=O)c(C)c1C. The van der Waals surface area contributed by atoms with Gasteiger partial charge in [-0.3, -0.25) is 9.59 Å². The first-order chi connectivity index (χ1) is 8.86. The van der Waals surface area contributed by atoms with E-state index in [2.05, 4.69) is 5.32 Å². The van der Waals surface area contributed by atoms with Gasteiger partial charge in [-0.15, -0.1) is 0 Å². The molecule has 0 fully saturated rings. The molecule has 104 valence electrons. The molecule has 0 radical (unpaired) electrons. The standard InChI is InChI=1S/C14H19NO4/c1-8-9(2)13(19-4)6-5-11(8)12(7-14(17)18)15-10(3)16/h5-6,12H,7H2,1-4H3,(H,15,16)(H,17,18). The Labute approximate surface area is 112 Å². The highest BCUT2D eigenvalue weighted by atomic mass is 16.5. The van der Waals surface area contributed by atoms with E-state index in [0.29, 0.717) is 0 Å². The zero-order valence-corrected chi connectivity index (χ0v) is 11.6. The summed E-state index contributed by atoms with van der Waals surface area (Å²) in [5.41, 5.74) is 2.68. The van der Waals surface area contributed by atoms with Crippen molar-refractivity contribution < 1.29 is 19.4 Å². The maximum Gasteiger partial charge on any atom is 0.305 e. The van der Waals surface area contributed by atoms with Crippen molar-refractivity contribution in [3.8, 4) is 5.75 Å². The van der Waals surface area contributed by atoms with Gasteiger partial charge >= 0.3 is 5.97 Å². The van der Waals surface area contributed by atoms with Gasteiger partial charge in [0.05, 0.1) is 19.6 Å². The van der Waals surface area contributed by atoms with E-state index in [1.807, 2.05) is 13.8 Å². The number of nitrogens with one attached hydrogen (secondary N) is 1. The molecule has 1 aromatic carbocycles. The molecule has 5 heteroatoms. The number of carbonyl (C=O) groups excluding carboxylic acids is 1. The second kappa shape index (κ2) is 6.22. The molecule has 0 aliphatic rings. The average Bonchev–Trinajstić information content (AvgIpc) is 2.30. The van der Waals surface area contributed by atoms with Crippen molar-refractivity contribution >= 4 is 11.9 Å². The van der Waals surface area contributed by atoms with Crippen LogP contribution >= 0.6 is 0 Å². The fourth-order valence-corrected chi connectivity index (χ4v) is 2.07. The molecular formula is C14H19NO4. The fraction of sp³-hybridized carbons (Fsp3) is 0.429. The number of benzene rings is 1. The maximum absolute atomic E-state index is 11.2. The molecule has 1 aromatic rings. The first kappa shape index (κ1) is 15.0. The van der Waals surface area contributed by atoms with E-state index in [1.54, 1.807) is 19.2 Å². The van der Waals surface area contributed by atoms with Gasteiger partial charge in [-0.2, -0.15) is 0 Å². The molecule has 1 rings (SSSR count). The van der Waals surface area contributed by atoms with Crippen molar-refractivity contribution in [3.05, 3.63) is 28.8 Å². The molecule has 1 amide bonds. The van der Waals surface area contributed by atoms with Crippen LogP contribution in [-0.4, -0.2) is 24.1 Å². The number of aliphatic carboxylic acids is 1. The lowest BCUT2D eigenvalue weighted by Gasteiger charge is -2.21. The smallest absolute Gasteiger partial charge is 0.305 e. The molecular weight excluding hydrogens is 246 g/mol. The first-order valence-electron chi connectivity index (χ1n) is 5.99. The van der Waals surface area contributed by atoms with E-state index in [9.17, 15) is 9.59 Å². The molecule has 19 heavy (non-hydrogen) atoms. The van der Waals surface area contributed by atoms with Crippen LogP contribution in [0.1, 0.15) is 36.1 Å². The van der Waals surface area contributed by atoms with Gasteiger partial charge in [-0.25, -0.2) is 0 Å². The summed E-state index contributed by atoms with van der Waals surface area (Å²) in [6.45, 7) is 5.17. The van der Waals surface area contributed by atoms with Gasteiger partial charge < -0.3 is 15.2 Å². The van der Waals surface area contributed by atoms with Crippen LogP contribution in [0.4, 0.5) is 0 Å². The lowest BCUT2D eigenvalue weighted by Crippen LogP contribution is -2.28. The number of hydrogen-bond donors (Lipinski definition) is 2. The van der Waals surface area contributed by atoms with Crippen LogP contribution in [0.25, 0.3) is 0 Å². The van der Waals surface area contributed by atoms with Crippen LogP contribution in [0, 0.1) is 13.8 Å². The first-order valence-corrected chi connectivity index (χ1v) is 5.99. The van der Waals surface area contributed by atoms with Gasteiger partial charge in [0, 0.05) is 6.92 Å². The van der Waals surface area contributed by atoms with Gasteiger partial charge in [0.25, 0.3) is 0 Å². The van der Waals surface area contributed by atoms with Crippen molar-refractivity contribution in [2.45, 2.75) is 33.2 Å². The second-order valence-corrected chi connectivity index (χ2v) is 4.46. The van der Waals surface area contributed by atoms with Crippen LogP contribution in [0.2, 0.25) is 0 Å². The van der Waals surface area contributed by atoms with Crippen molar-refractivity contribution in [1.82, 2.24) is 5.32 Å². The van der Waals surface area contributed by atoms with Gasteiger partial charge in [0.2, 0.25) is 5.91 Å². The third-order valence-corrected chi connectivity index (χ3v) is 3.13. The van der Waals surface area contributed by atoms with Crippen molar-refractivity contribution in [1.29, 1.82) is 0 Å². The summed E-state index contributed by atoms with van der Waals surface area (Å²) in [6, 6.07) is 3.05. The van der Waals surface area contributed by atoms with Crippen molar-refractivity contribution in [2.75, 3.05) is 7.11 Å². The minimum absolute atomic E-state index is 0.147. The molecule has 0 aliphatic carbocycles. The van der Waals surface area contributed by atoms with E-state index in [1.165, 1.54) is 6.92 Å². The molecule has 1 atom stereocenters. The highest BCUT2D eigenvalue weighted by molar-refractivity contribution is 5.75. The summed E-state index contributed by atoms with van der Waals surface area (Å²) in [6.07, 6.45) is -0.147. The molecule has 0 heterocycles. The molecule has 1 unspecified atom stereocenters. The number of hydrogen-bond acceptors (Lipinski definition) is 3. The topological polar surface area (TPSA) is 75.6 Å². The Bertz CT molecular complexity index is 480. The lowest BCUT2D eigenvalue weighted by atomic mass is 9.95. The maximum atomic E-state index is 11.2. The number of methoxy groups -OCH3 is 1. The molecule has 0 aromatic heterocycles. The Morgan fingerprint density at radius 2 is 1.95 bits per heavy atom. The van der Waals surface area contributed by atoms with Crippen LogP contribution in [0.3, 0.4) is 0 Å². The summed E-state index contributed by atoms with van der Waals surface area (Å²) < 4.78 is 5.22. The summed E-state index contributed by atoms with van der Waals surface area (Å²) >= 11 is 0. The Morgan fingerprint density at radius 1 is 1.32 bits per heavy atom. The second-order valence-electron chi connectivity index (χ2n) is 4.46. The van der Waals surface area contributed by atoms with Gasteiger partial charge in [-0.05, 0) is 36.6 Å². The Morgan fingerprint density at radius 3 is 2.42 bits per heavy atom. The fourth-order valence-electron chi connectivity index (χ4n) is 2.07. The summed E-state index contributed by atoms with van der Waals surface area (Å²) in [5, 5.41) is 11.6. The Kier molecular flexibility index (Phi) is 4.92. The van der Waals surface area contributed by atoms with E-state index in [4.69, 9.17) is 9.84 Å². The monoisotopic (exact) mass is 265 g/mol. The summed E-state index contributed by atoms with van der Waals surface area (Å²) in [5.74, 6) is -0.455. The number of carbonyl (C=O) groups is 2. The van der Waals surface area contributed by atoms with E-state index < -0.39 is 12.0 Å². The Hall–Kier alpha value is -2.04. The van der Waals surface area contributed by atoms with Crippen LogP contribution in [-0.2, 0) is 9.59 Å². The third-order valence-electron chi connectivity index (χ3n) is 3.13. The van der Waals surface area contributed by atoms with Gasteiger partial charge in [0.1, 0.15) is 5.75 Å². The van der Waals surface area contributed by atoms with Crippen molar-refractivity contribution in [3.63, 3.8) is 0 Å². The summed E-state index contributed by atoms with van der Waals surface area (Å²) in [7, 11) is 1.59. The zero-order chi connectivity index (χ0) is 14.6. The molecule has 2 N–H and O–H groups in total. The van der Waals surface area contributed by atoms with Crippen LogP contribution in [0.5, 0.6) is 5.75 Å². The molecule has 0 aliphatic heterocycles.